The maximum absolute atomic E-state index is 9.24. The minimum Gasteiger partial charge on any atom is -0.363 e. The van der Waals surface area contributed by atoms with Crippen molar-refractivity contribution in [3.8, 4) is 0 Å². The molecule has 0 saturated carbocycles. The van der Waals surface area contributed by atoms with Gasteiger partial charge in [-0.25, -0.2) is 0 Å². The van der Waals surface area contributed by atoms with E-state index in [1.54, 1.807) is 6.20 Å². The second kappa shape index (κ2) is 3.26. The average Bonchev–Trinajstić information content (AvgIpc) is 2.66. The lowest BCUT2D eigenvalue weighted by atomic mass is 10.1. The summed E-state index contributed by atoms with van der Waals surface area (Å²) in [6, 6.07) is 7.63. The van der Waals surface area contributed by atoms with Gasteiger partial charge in [0.1, 0.15) is 5.69 Å². The average molecular weight is 215 g/mol. The summed E-state index contributed by atoms with van der Waals surface area (Å²) in [6.07, 6.45) is -0.0447. The molecule has 0 unspecified atom stereocenters. The normalized spacial score (nSPS) is 11.7. The fourth-order valence-corrected chi connectivity index (χ4v) is 1.92. The van der Waals surface area contributed by atoms with Gasteiger partial charge in [-0.1, -0.05) is 18.2 Å². The zero-order chi connectivity index (χ0) is 11.1. The number of aromatic amines is 1. The van der Waals surface area contributed by atoms with E-state index in [0.717, 1.165) is 16.4 Å². The van der Waals surface area contributed by atoms with Crippen LogP contribution >= 0.6 is 0 Å². The molecule has 3 rings (SSSR count). The first-order valence-electron chi connectivity index (χ1n) is 4.85. The smallest absolute Gasteiger partial charge is 0.198 e. The van der Waals surface area contributed by atoms with Gasteiger partial charge in [-0.2, -0.15) is 5.10 Å². The van der Waals surface area contributed by atoms with Gasteiger partial charge in [0, 0.05) is 16.3 Å². The van der Waals surface area contributed by atoms with Crippen LogP contribution in [0.5, 0.6) is 0 Å². The molecule has 2 heterocycles. The van der Waals surface area contributed by atoms with Crippen molar-refractivity contribution in [2.75, 3.05) is 0 Å². The molecule has 5 nitrogen and oxygen atoms in total. The van der Waals surface area contributed by atoms with Gasteiger partial charge in [0.05, 0.1) is 11.7 Å². The van der Waals surface area contributed by atoms with Crippen molar-refractivity contribution in [1.29, 1.82) is 0 Å². The van der Waals surface area contributed by atoms with E-state index >= 15 is 0 Å². The number of nitrogens with one attached hydrogen (secondary N) is 1. The van der Waals surface area contributed by atoms with Crippen LogP contribution in [0.25, 0.3) is 21.8 Å². The van der Waals surface area contributed by atoms with Gasteiger partial charge in [-0.05, 0) is 6.07 Å². The van der Waals surface area contributed by atoms with E-state index in [-0.39, 0.29) is 5.69 Å². The van der Waals surface area contributed by atoms with Crippen LogP contribution in [0.4, 0.5) is 0 Å². The highest BCUT2D eigenvalue weighted by Crippen LogP contribution is 2.28. The standard InChI is InChI=1S/C11H9N3O2/c15-11(16)10-9-6-3-1-2-4-7(6)13-8(9)5-12-14-10/h1-5,11,13,15-16H. The molecule has 0 radical (unpaired) electrons. The summed E-state index contributed by atoms with van der Waals surface area (Å²) >= 11 is 0. The fourth-order valence-electron chi connectivity index (χ4n) is 1.92. The summed E-state index contributed by atoms with van der Waals surface area (Å²) in [7, 11) is 0. The van der Waals surface area contributed by atoms with Crippen molar-refractivity contribution < 1.29 is 10.2 Å². The lowest BCUT2D eigenvalue weighted by Gasteiger charge is -2.02. The largest absolute Gasteiger partial charge is 0.363 e. The quantitative estimate of drug-likeness (QED) is 0.531. The number of nitrogens with zero attached hydrogens (tertiary/aromatic N) is 2. The van der Waals surface area contributed by atoms with Gasteiger partial charge < -0.3 is 15.2 Å². The summed E-state index contributed by atoms with van der Waals surface area (Å²) < 4.78 is 0. The third-order valence-electron chi connectivity index (χ3n) is 2.59. The SMILES string of the molecule is OC(O)c1nncc2[nH]c3ccccc3c12. The second-order valence-corrected chi connectivity index (χ2v) is 3.56. The van der Waals surface area contributed by atoms with Crippen LogP contribution in [0.1, 0.15) is 12.0 Å². The molecular formula is C11H9N3O2. The predicted molar refractivity (Wildman–Crippen MR) is 58.6 cm³/mol. The Morgan fingerprint density at radius 3 is 2.75 bits per heavy atom. The number of H-pyrrole nitrogens is 1. The van der Waals surface area contributed by atoms with Crippen molar-refractivity contribution in [1.82, 2.24) is 15.2 Å². The van der Waals surface area contributed by atoms with Gasteiger partial charge in [-0.3, -0.25) is 0 Å². The van der Waals surface area contributed by atoms with Crippen LogP contribution in [-0.4, -0.2) is 25.4 Å². The van der Waals surface area contributed by atoms with Crippen LogP contribution in [0.3, 0.4) is 0 Å². The second-order valence-electron chi connectivity index (χ2n) is 3.56. The molecular weight excluding hydrogens is 206 g/mol. The topological polar surface area (TPSA) is 82.0 Å². The molecule has 3 aromatic rings. The lowest BCUT2D eigenvalue weighted by Crippen LogP contribution is -2.00. The van der Waals surface area contributed by atoms with E-state index in [0.29, 0.717) is 5.39 Å². The third-order valence-corrected chi connectivity index (χ3v) is 2.59. The van der Waals surface area contributed by atoms with Crippen LogP contribution in [0.15, 0.2) is 30.5 Å². The molecule has 0 aliphatic heterocycles. The first kappa shape index (κ1) is 9.26. The maximum Gasteiger partial charge on any atom is 0.198 e. The first-order chi connectivity index (χ1) is 7.77. The monoisotopic (exact) mass is 215 g/mol. The molecule has 0 aliphatic rings. The molecule has 0 aliphatic carbocycles. The van der Waals surface area contributed by atoms with Gasteiger partial charge in [0.2, 0.25) is 0 Å². The molecule has 3 N–H and O–H groups in total. The molecule has 1 aromatic carbocycles. The van der Waals surface area contributed by atoms with Crippen molar-refractivity contribution >= 4 is 21.8 Å². The number of aliphatic hydroxyl groups is 2. The van der Waals surface area contributed by atoms with Gasteiger partial charge in [0.25, 0.3) is 0 Å². The molecule has 0 saturated heterocycles. The van der Waals surface area contributed by atoms with Crippen LogP contribution in [-0.2, 0) is 0 Å². The number of benzene rings is 1. The van der Waals surface area contributed by atoms with Gasteiger partial charge >= 0.3 is 0 Å². The predicted octanol–water partition coefficient (Wildman–Crippen LogP) is 1.09. The van der Waals surface area contributed by atoms with Gasteiger partial charge in [0.15, 0.2) is 6.29 Å². The zero-order valence-electron chi connectivity index (χ0n) is 8.25. The Morgan fingerprint density at radius 2 is 1.94 bits per heavy atom. The molecule has 0 spiro atoms. The Kier molecular flexibility index (Phi) is 1.89. The molecule has 2 aromatic heterocycles. The van der Waals surface area contributed by atoms with E-state index < -0.39 is 6.29 Å². The summed E-state index contributed by atoms with van der Waals surface area (Å²) in [5, 5.41) is 27.6. The van der Waals surface area contributed by atoms with E-state index in [1.807, 2.05) is 24.3 Å². The van der Waals surface area contributed by atoms with Crippen molar-refractivity contribution in [2.45, 2.75) is 6.29 Å². The van der Waals surface area contributed by atoms with Crippen LogP contribution in [0, 0.1) is 0 Å². The Morgan fingerprint density at radius 1 is 1.12 bits per heavy atom. The first-order valence-corrected chi connectivity index (χ1v) is 4.85. The Hall–Kier alpha value is -1.98. The highest BCUT2D eigenvalue weighted by Gasteiger charge is 2.14. The van der Waals surface area contributed by atoms with Crippen molar-refractivity contribution in [2.24, 2.45) is 0 Å². The van der Waals surface area contributed by atoms with E-state index in [2.05, 4.69) is 15.2 Å². The van der Waals surface area contributed by atoms with Crippen molar-refractivity contribution in [3.63, 3.8) is 0 Å². The number of aliphatic hydroxyl groups excluding tert-OH is 1. The molecule has 0 amide bonds. The number of rotatable bonds is 1. The number of para-hydroxylation sites is 1. The Balaban J connectivity index is 2.53. The van der Waals surface area contributed by atoms with Gasteiger partial charge in [-0.15, -0.1) is 5.10 Å². The summed E-state index contributed by atoms with van der Waals surface area (Å²) in [5.74, 6) is 0. The van der Waals surface area contributed by atoms with E-state index in [1.165, 1.54) is 0 Å². The lowest BCUT2D eigenvalue weighted by molar-refractivity contribution is -0.0450. The highest BCUT2D eigenvalue weighted by atomic mass is 16.5. The van der Waals surface area contributed by atoms with Crippen molar-refractivity contribution in [3.05, 3.63) is 36.2 Å². The highest BCUT2D eigenvalue weighted by molar-refractivity contribution is 6.08. The van der Waals surface area contributed by atoms with Crippen LogP contribution in [0.2, 0.25) is 0 Å². The number of hydrogen-bond acceptors (Lipinski definition) is 4. The fraction of sp³-hybridized carbons (Fsp3) is 0.0909. The minimum absolute atomic E-state index is 0.176. The number of hydrogen-bond donors (Lipinski definition) is 3. The molecule has 5 heteroatoms. The molecule has 0 fully saturated rings. The zero-order valence-corrected chi connectivity index (χ0v) is 8.25. The van der Waals surface area contributed by atoms with E-state index in [9.17, 15) is 10.2 Å². The third kappa shape index (κ3) is 1.19. The summed E-state index contributed by atoms with van der Waals surface area (Å²) in [6.45, 7) is 0. The molecule has 80 valence electrons. The maximum atomic E-state index is 9.24. The molecule has 0 bridgehead atoms. The number of aromatic nitrogens is 3. The molecule has 0 atom stereocenters. The number of fused-ring (bicyclic) bond motifs is 3. The summed E-state index contributed by atoms with van der Waals surface area (Å²) in [4.78, 5) is 3.15. The van der Waals surface area contributed by atoms with Crippen LogP contribution < -0.4 is 0 Å². The summed E-state index contributed by atoms with van der Waals surface area (Å²) in [5.41, 5.74) is 1.85. The molecule has 16 heavy (non-hydrogen) atoms. The minimum atomic E-state index is -1.62. The van der Waals surface area contributed by atoms with E-state index in [4.69, 9.17) is 0 Å². The Bertz CT molecular complexity index is 660. The Labute approximate surface area is 90.4 Å².